The molecular weight excluding hydrogens is 200 g/mol. The molecule has 2 heteroatoms. The van der Waals surface area contributed by atoms with Crippen molar-refractivity contribution in [3.05, 3.63) is 35.9 Å². The predicted octanol–water partition coefficient (Wildman–Crippen LogP) is 1.75. The van der Waals surface area contributed by atoms with Crippen molar-refractivity contribution in [2.24, 2.45) is 0 Å². The summed E-state index contributed by atoms with van der Waals surface area (Å²) in [6.45, 7) is 1.70. The molecule has 0 saturated heterocycles. The van der Waals surface area contributed by atoms with Gasteiger partial charge in [0.15, 0.2) is 0 Å². The molecule has 16 heavy (non-hydrogen) atoms. The average molecular weight is 218 g/mol. The number of rotatable bonds is 5. The second-order valence-corrected chi connectivity index (χ2v) is 3.83. The quantitative estimate of drug-likeness (QED) is 0.739. The highest BCUT2D eigenvalue weighted by molar-refractivity contribution is 5.15. The minimum absolute atomic E-state index is 0.407. The van der Waals surface area contributed by atoms with Gasteiger partial charge in [-0.3, -0.25) is 0 Å². The zero-order chi connectivity index (χ0) is 11.8. The third kappa shape index (κ3) is 4.97. The molecule has 2 nitrogen and oxygen atoms in total. The van der Waals surface area contributed by atoms with Crippen LogP contribution in [0.15, 0.2) is 30.3 Å². The summed E-state index contributed by atoms with van der Waals surface area (Å²) in [4.78, 5) is 0. The Kier molecular flexibility index (Phi) is 5.63. The van der Waals surface area contributed by atoms with Gasteiger partial charge in [-0.2, -0.15) is 0 Å². The molecule has 0 amide bonds. The zero-order valence-electron chi connectivity index (χ0n) is 9.56. The molecule has 0 spiro atoms. The summed E-state index contributed by atoms with van der Waals surface area (Å²) in [6, 6.07) is 9.85. The molecule has 0 radical (unpaired) electrons. The maximum atomic E-state index is 9.76. The topological polar surface area (TPSA) is 40.5 Å². The first kappa shape index (κ1) is 12.8. The first-order valence-corrected chi connectivity index (χ1v) is 5.54. The second kappa shape index (κ2) is 7.05. The van der Waals surface area contributed by atoms with Crippen LogP contribution in [0, 0.1) is 11.8 Å². The van der Waals surface area contributed by atoms with E-state index in [0.717, 1.165) is 5.56 Å². The Bertz CT molecular complexity index is 348. The summed E-state index contributed by atoms with van der Waals surface area (Å²) < 4.78 is 0. The van der Waals surface area contributed by atoms with Gasteiger partial charge in [0.1, 0.15) is 6.10 Å². The van der Waals surface area contributed by atoms with Crippen molar-refractivity contribution in [2.45, 2.75) is 38.4 Å². The van der Waals surface area contributed by atoms with Crippen LogP contribution in [-0.4, -0.2) is 22.4 Å². The zero-order valence-corrected chi connectivity index (χ0v) is 9.56. The molecule has 2 N–H and O–H groups in total. The highest BCUT2D eigenvalue weighted by Crippen LogP contribution is 2.08. The van der Waals surface area contributed by atoms with Gasteiger partial charge in [-0.1, -0.05) is 36.3 Å². The first-order valence-electron chi connectivity index (χ1n) is 5.54. The van der Waals surface area contributed by atoms with E-state index in [1.807, 2.05) is 30.3 Å². The molecule has 0 aliphatic carbocycles. The van der Waals surface area contributed by atoms with E-state index >= 15 is 0 Å². The van der Waals surface area contributed by atoms with Gasteiger partial charge in [-0.05, 0) is 31.7 Å². The summed E-state index contributed by atoms with van der Waals surface area (Å²) in [5.41, 5.74) is 1.12. The van der Waals surface area contributed by atoms with Gasteiger partial charge >= 0.3 is 0 Å². The molecule has 1 rings (SSSR count). The van der Waals surface area contributed by atoms with Crippen molar-refractivity contribution >= 4 is 0 Å². The van der Waals surface area contributed by atoms with E-state index in [9.17, 15) is 10.2 Å². The Morgan fingerprint density at radius 1 is 1.12 bits per heavy atom. The van der Waals surface area contributed by atoms with Gasteiger partial charge in [-0.25, -0.2) is 0 Å². The van der Waals surface area contributed by atoms with Crippen LogP contribution in [0.4, 0.5) is 0 Å². The van der Waals surface area contributed by atoms with Crippen LogP contribution in [-0.2, 0) is 6.42 Å². The Morgan fingerprint density at radius 2 is 1.81 bits per heavy atom. The molecule has 0 aromatic heterocycles. The smallest absolute Gasteiger partial charge is 0.114 e. The van der Waals surface area contributed by atoms with Crippen molar-refractivity contribution in [2.75, 3.05) is 0 Å². The first-order chi connectivity index (χ1) is 7.72. The predicted molar refractivity (Wildman–Crippen MR) is 64.8 cm³/mol. The van der Waals surface area contributed by atoms with Crippen LogP contribution in [0.2, 0.25) is 0 Å². The Hall–Kier alpha value is -1.30. The van der Waals surface area contributed by atoms with Gasteiger partial charge in [0.05, 0.1) is 6.10 Å². The summed E-state index contributed by atoms with van der Waals surface area (Å²) >= 11 is 0. The lowest BCUT2D eigenvalue weighted by atomic mass is 10.0. The molecule has 0 bridgehead atoms. The molecule has 2 atom stereocenters. The fourth-order valence-corrected chi connectivity index (χ4v) is 1.58. The second-order valence-electron chi connectivity index (χ2n) is 3.83. The standard InChI is InChI=1S/C14H18O2/c1-2-6-13(15)9-10-14(16)11-12-7-4-3-5-8-12/h3-5,7-8,13-16H,9-11H2,1H3/t13?,14-/m1/s1. The number of aliphatic hydroxyl groups is 2. The summed E-state index contributed by atoms with van der Waals surface area (Å²) in [5.74, 6) is 5.32. The van der Waals surface area contributed by atoms with E-state index in [4.69, 9.17) is 0 Å². The molecule has 1 aromatic rings. The van der Waals surface area contributed by atoms with Crippen molar-refractivity contribution in [1.82, 2.24) is 0 Å². The van der Waals surface area contributed by atoms with E-state index in [1.165, 1.54) is 0 Å². The third-order valence-corrected chi connectivity index (χ3v) is 2.40. The molecule has 0 aliphatic rings. The van der Waals surface area contributed by atoms with E-state index in [0.29, 0.717) is 19.3 Å². The fraction of sp³-hybridized carbons (Fsp3) is 0.429. The Balaban J connectivity index is 2.30. The average Bonchev–Trinajstić information content (AvgIpc) is 2.28. The Morgan fingerprint density at radius 3 is 2.44 bits per heavy atom. The van der Waals surface area contributed by atoms with E-state index < -0.39 is 12.2 Å². The van der Waals surface area contributed by atoms with Crippen molar-refractivity contribution < 1.29 is 10.2 Å². The number of hydrogen-bond donors (Lipinski definition) is 2. The molecule has 1 unspecified atom stereocenters. The van der Waals surface area contributed by atoms with Gasteiger partial charge in [-0.15, -0.1) is 5.92 Å². The lowest BCUT2D eigenvalue weighted by molar-refractivity contribution is 0.136. The maximum absolute atomic E-state index is 9.76. The summed E-state index contributed by atoms with van der Waals surface area (Å²) in [7, 11) is 0. The van der Waals surface area contributed by atoms with Crippen molar-refractivity contribution in [3.63, 3.8) is 0 Å². The van der Waals surface area contributed by atoms with Gasteiger partial charge in [0.2, 0.25) is 0 Å². The molecule has 86 valence electrons. The summed E-state index contributed by atoms with van der Waals surface area (Å²) in [5, 5.41) is 19.1. The molecule has 0 aliphatic heterocycles. The van der Waals surface area contributed by atoms with E-state index in [1.54, 1.807) is 6.92 Å². The third-order valence-electron chi connectivity index (χ3n) is 2.40. The molecule has 0 heterocycles. The lowest BCUT2D eigenvalue weighted by Crippen LogP contribution is -2.14. The minimum atomic E-state index is -0.615. The van der Waals surface area contributed by atoms with Crippen LogP contribution in [0.25, 0.3) is 0 Å². The number of hydrogen-bond acceptors (Lipinski definition) is 2. The van der Waals surface area contributed by atoms with Gasteiger partial charge < -0.3 is 10.2 Å². The normalized spacial score (nSPS) is 13.7. The fourth-order valence-electron chi connectivity index (χ4n) is 1.58. The molecule has 1 aromatic carbocycles. The van der Waals surface area contributed by atoms with Gasteiger partial charge in [0, 0.05) is 0 Å². The molecule has 0 saturated carbocycles. The van der Waals surface area contributed by atoms with E-state index in [2.05, 4.69) is 11.8 Å². The molecule has 0 fully saturated rings. The summed E-state index contributed by atoms with van der Waals surface area (Å²) in [6.07, 6.45) is 0.707. The highest BCUT2D eigenvalue weighted by atomic mass is 16.3. The monoisotopic (exact) mass is 218 g/mol. The number of aliphatic hydroxyl groups excluding tert-OH is 2. The lowest BCUT2D eigenvalue weighted by Gasteiger charge is -2.11. The highest BCUT2D eigenvalue weighted by Gasteiger charge is 2.08. The van der Waals surface area contributed by atoms with Crippen LogP contribution in [0.1, 0.15) is 25.3 Å². The molecular formula is C14H18O2. The Labute approximate surface area is 96.9 Å². The minimum Gasteiger partial charge on any atom is -0.393 e. The van der Waals surface area contributed by atoms with E-state index in [-0.39, 0.29) is 0 Å². The van der Waals surface area contributed by atoms with Crippen molar-refractivity contribution in [3.8, 4) is 11.8 Å². The van der Waals surface area contributed by atoms with Crippen LogP contribution in [0.5, 0.6) is 0 Å². The van der Waals surface area contributed by atoms with Crippen LogP contribution >= 0.6 is 0 Å². The largest absolute Gasteiger partial charge is 0.393 e. The SMILES string of the molecule is CC#CC(O)CC[C@@H](O)Cc1ccccc1. The van der Waals surface area contributed by atoms with Gasteiger partial charge in [0.25, 0.3) is 0 Å². The maximum Gasteiger partial charge on any atom is 0.114 e. The van der Waals surface area contributed by atoms with Crippen molar-refractivity contribution in [1.29, 1.82) is 0 Å². The van der Waals surface area contributed by atoms with Crippen LogP contribution in [0.3, 0.4) is 0 Å². The number of benzene rings is 1. The van der Waals surface area contributed by atoms with Crippen LogP contribution < -0.4 is 0 Å².